The Morgan fingerprint density at radius 1 is 1.30 bits per heavy atom. The highest BCUT2D eigenvalue weighted by molar-refractivity contribution is 5.79. The lowest BCUT2D eigenvalue weighted by molar-refractivity contribution is 0.215. The van der Waals surface area contributed by atoms with Gasteiger partial charge in [0.2, 0.25) is 5.89 Å². The summed E-state index contributed by atoms with van der Waals surface area (Å²) < 4.78 is 11.5. The number of nitrogens with one attached hydrogen (secondary N) is 2. The van der Waals surface area contributed by atoms with E-state index in [1.807, 2.05) is 12.1 Å². The van der Waals surface area contributed by atoms with Gasteiger partial charge in [0.05, 0.1) is 25.0 Å². The number of aliphatic imine (C=N–C) groups is 1. The molecule has 2 aromatic heterocycles. The summed E-state index contributed by atoms with van der Waals surface area (Å²) in [6.07, 6.45) is 6.02. The van der Waals surface area contributed by atoms with Gasteiger partial charge >= 0.3 is 0 Å². The monoisotopic (exact) mass is 373 g/mol. The number of rotatable bonds is 6. The second-order valence-electron chi connectivity index (χ2n) is 7.95. The van der Waals surface area contributed by atoms with Gasteiger partial charge in [0.15, 0.2) is 5.96 Å². The van der Waals surface area contributed by atoms with Gasteiger partial charge in [0, 0.05) is 19.0 Å². The molecule has 0 spiro atoms. The van der Waals surface area contributed by atoms with Crippen molar-refractivity contribution in [2.45, 2.75) is 51.6 Å². The molecule has 7 heteroatoms. The molecule has 148 valence electrons. The molecule has 1 unspecified atom stereocenters. The minimum absolute atomic E-state index is 0.0445. The van der Waals surface area contributed by atoms with E-state index in [9.17, 15) is 0 Å². The van der Waals surface area contributed by atoms with E-state index in [1.165, 1.54) is 12.8 Å². The van der Waals surface area contributed by atoms with Gasteiger partial charge in [-0.1, -0.05) is 20.8 Å². The number of guanidine groups is 1. The second-order valence-corrected chi connectivity index (χ2v) is 7.95. The predicted molar refractivity (Wildman–Crippen MR) is 106 cm³/mol. The molecular weight excluding hydrogens is 342 g/mol. The van der Waals surface area contributed by atoms with Crippen molar-refractivity contribution in [1.29, 1.82) is 0 Å². The van der Waals surface area contributed by atoms with Gasteiger partial charge in [-0.3, -0.25) is 9.89 Å². The number of nitrogens with zero attached hydrogens (tertiary/aromatic N) is 3. The van der Waals surface area contributed by atoms with E-state index in [-0.39, 0.29) is 11.5 Å². The molecule has 3 rings (SSSR count). The largest absolute Gasteiger partial charge is 0.468 e. The highest BCUT2D eigenvalue weighted by Gasteiger charge is 2.25. The van der Waals surface area contributed by atoms with Gasteiger partial charge in [-0.25, -0.2) is 4.98 Å². The lowest BCUT2D eigenvalue weighted by Crippen LogP contribution is -2.42. The quantitative estimate of drug-likeness (QED) is 0.598. The number of hydrogen-bond acceptors (Lipinski definition) is 5. The van der Waals surface area contributed by atoms with Crippen LogP contribution >= 0.6 is 0 Å². The summed E-state index contributed by atoms with van der Waals surface area (Å²) in [5.74, 6) is 3.25. The number of oxazole rings is 1. The van der Waals surface area contributed by atoms with Crippen LogP contribution in [0.3, 0.4) is 0 Å². The zero-order valence-corrected chi connectivity index (χ0v) is 16.8. The molecular formula is C20H31N5O2. The molecule has 0 bridgehead atoms. The molecule has 1 aliphatic rings. The summed E-state index contributed by atoms with van der Waals surface area (Å²) >= 11 is 0. The highest BCUT2D eigenvalue weighted by Crippen LogP contribution is 2.25. The van der Waals surface area contributed by atoms with E-state index >= 15 is 0 Å². The van der Waals surface area contributed by atoms with E-state index < -0.39 is 0 Å². The predicted octanol–water partition coefficient (Wildman–Crippen LogP) is 3.07. The highest BCUT2D eigenvalue weighted by atomic mass is 16.4. The Balaban J connectivity index is 1.55. The van der Waals surface area contributed by atoms with E-state index in [0.717, 1.165) is 37.1 Å². The molecule has 1 fully saturated rings. The van der Waals surface area contributed by atoms with Crippen LogP contribution in [-0.4, -0.2) is 42.5 Å². The van der Waals surface area contributed by atoms with E-state index in [1.54, 1.807) is 19.5 Å². The fraction of sp³-hybridized carbons (Fsp3) is 0.600. The van der Waals surface area contributed by atoms with Gasteiger partial charge in [-0.15, -0.1) is 0 Å². The number of hydrogen-bond donors (Lipinski definition) is 2. The van der Waals surface area contributed by atoms with Crippen molar-refractivity contribution in [3.05, 3.63) is 42.0 Å². The van der Waals surface area contributed by atoms with Crippen molar-refractivity contribution in [2.24, 2.45) is 4.99 Å². The lowest BCUT2D eigenvalue weighted by Gasteiger charge is -2.26. The first-order valence-corrected chi connectivity index (χ1v) is 9.64. The van der Waals surface area contributed by atoms with Gasteiger partial charge in [0.25, 0.3) is 0 Å². The molecule has 7 nitrogen and oxygen atoms in total. The van der Waals surface area contributed by atoms with Gasteiger partial charge < -0.3 is 19.5 Å². The fourth-order valence-corrected chi connectivity index (χ4v) is 3.26. The smallest absolute Gasteiger partial charge is 0.213 e. The maximum absolute atomic E-state index is 5.83. The lowest BCUT2D eigenvalue weighted by atomic mass is 9.94. The van der Waals surface area contributed by atoms with Gasteiger partial charge in [0.1, 0.15) is 11.5 Å². The van der Waals surface area contributed by atoms with Crippen molar-refractivity contribution in [3.8, 4) is 0 Å². The molecule has 27 heavy (non-hydrogen) atoms. The Labute approximate surface area is 161 Å². The zero-order chi connectivity index (χ0) is 19.3. The van der Waals surface area contributed by atoms with Crippen LogP contribution in [0.15, 0.2) is 38.4 Å². The number of aromatic nitrogens is 1. The standard InChI is InChI=1S/C20H31N5O2/c1-20(2,3)17-13-22-18(27-17)14-24-19(21-4)23-12-15(16-8-7-11-26-16)25-9-5-6-10-25/h7-8,11,13,15H,5-6,9-10,12,14H2,1-4H3,(H2,21,23,24). The third kappa shape index (κ3) is 5.13. The third-order valence-electron chi connectivity index (χ3n) is 4.84. The van der Waals surface area contributed by atoms with Gasteiger partial charge in [-0.05, 0) is 38.1 Å². The number of likely N-dealkylation sites (tertiary alicyclic amines) is 1. The summed E-state index contributed by atoms with van der Waals surface area (Å²) in [6, 6.07) is 4.19. The van der Waals surface area contributed by atoms with Crippen LogP contribution in [-0.2, 0) is 12.0 Å². The molecule has 2 N–H and O–H groups in total. The van der Waals surface area contributed by atoms with Gasteiger partial charge in [-0.2, -0.15) is 0 Å². The van der Waals surface area contributed by atoms with Crippen molar-refractivity contribution in [1.82, 2.24) is 20.5 Å². The molecule has 0 radical (unpaired) electrons. The molecule has 1 saturated heterocycles. The summed E-state index contributed by atoms with van der Waals surface area (Å²) in [4.78, 5) is 11.1. The molecule has 0 aromatic carbocycles. The normalized spacial score (nSPS) is 17.3. The Morgan fingerprint density at radius 2 is 2.07 bits per heavy atom. The van der Waals surface area contributed by atoms with Crippen LogP contribution in [0.5, 0.6) is 0 Å². The summed E-state index contributed by atoms with van der Waals surface area (Å²) in [5, 5.41) is 6.68. The fourth-order valence-electron chi connectivity index (χ4n) is 3.26. The molecule has 0 aliphatic carbocycles. The third-order valence-corrected chi connectivity index (χ3v) is 4.84. The Kier molecular flexibility index (Phi) is 6.21. The Morgan fingerprint density at radius 3 is 2.67 bits per heavy atom. The van der Waals surface area contributed by atoms with E-state index in [2.05, 4.69) is 46.3 Å². The summed E-state index contributed by atoms with van der Waals surface area (Å²) in [6.45, 7) is 9.75. The van der Waals surface area contributed by atoms with Crippen LogP contribution in [0.2, 0.25) is 0 Å². The molecule has 2 aromatic rings. The summed E-state index contributed by atoms with van der Waals surface area (Å²) in [5.41, 5.74) is -0.0445. The van der Waals surface area contributed by atoms with Crippen LogP contribution in [0.1, 0.15) is 57.1 Å². The van der Waals surface area contributed by atoms with Crippen molar-refractivity contribution >= 4 is 5.96 Å². The summed E-state index contributed by atoms with van der Waals surface area (Å²) in [7, 11) is 1.77. The van der Waals surface area contributed by atoms with Crippen LogP contribution in [0, 0.1) is 0 Å². The van der Waals surface area contributed by atoms with E-state index in [0.29, 0.717) is 12.4 Å². The molecule has 3 heterocycles. The van der Waals surface area contributed by atoms with Crippen LogP contribution < -0.4 is 10.6 Å². The topological polar surface area (TPSA) is 78.8 Å². The Bertz CT molecular complexity index is 724. The average molecular weight is 374 g/mol. The van der Waals surface area contributed by atoms with Crippen molar-refractivity contribution < 1.29 is 8.83 Å². The SMILES string of the molecule is CN=C(NCc1ncc(C(C)(C)C)o1)NCC(c1ccco1)N1CCCC1. The maximum atomic E-state index is 5.83. The first kappa shape index (κ1) is 19.5. The second kappa shape index (κ2) is 8.61. The Hall–Kier alpha value is -2.28. The molecule has 1 atom stereocenters. The van der Waals surface area contributed by atoms with Crippen molar-refractivity contribution in [3.63, 3.8) is 0 Å². The minimum Gasteiger partial charge on any atom is -0.468 e. The minimum atomic E-state index is -0.0445. The molecule has 0 saturated carbocycles. The number of furan rings is 1. The van der Waals surface area contributed by atoms with Crippen LogP contribution in [0.25, 0.3) is 0 Å². The molecule has 0 amide bonds. The first-order valence-electron chi connectivity index (χ1n) is 9.64. The van der Waals surface area contributed by atoms with E-state index in [4.69, 9.17) is 8.83 Å². The average Bonchev–Trinajstić information content (AvgIpc) is 3.40. The zero-order valence-electron chi connectivity index (χ0n) is 16.8. The first-order chi connectivity index (χ1) is 13.0. The molecule has 1 aliphatic heterocycles. The van der Waals surface area contributed by atoms with Crippen LogP contribution in [0.4, 0.5) is 0 Å². The maximum Gasteiger partial charge on any atom is 0.213 e. The van der Waals surface area contributed by atoms with Crippen molar-refractivity contribution in [2.75, 3.05) is 26.7 Å².